The molecular weight excluding hydrogens is 525 g/mol. The first-order valence-corrected chi connectivity index (χ1v) is 14.9. The van der Waals surface area contributed by atoms with Crippen LogP contribution < -0.4 is 0 Å². The van der Waals surface area contributed by atoms with E-state index in [1.165, 1.54) is 29.6 Å². The van der Waals surface area contributed by atoms with Crippen molar-refractivity contribution < 1.29 is 0 Å². The van der Waals surface area contributed by atoms with Crippen LogP contribution in [0.15, 0.2) is 133 Å². The predicted molar refractivity (Wildman–Crippen MR) is 172 cm³/mol. The molecule has 8 rings (SSSR count). The van der Waals surface area contributed by atoms with Crippen molar-refractivity contribution in [2.45, 2.75) is 0 Å². The van der Waals surface area contributed by atoms with Crippen LogP contribution in [-0.2, 0) is 0 Å². The van der Waals surface area contributed by atoms with E-state index in [1.807, 2.05) is 34.8 Å². The molecule has 0 N–H and O–H groups in total. The van der Waals surface area contributed by atoms with E-state index in [-0.39, 0.29) is 0 Å². The smallest absolute Gasteiger partial charge is 0.0890 e. The number of pyridine rings is 2. The Balaban J connectivity index is 1.25. The lowest BCUT2D eigenvalue weighted by Gasteiger charge is -2.06. The van der Waals surface area contributed by atoms with E-state index in [4.69, 9.17) is 9.97 Å². The van der Waals surface area contributed by atoms with Crippen LogP contribution in [0.1, 0.15) is 0 Å². The summed E-state index contributed by atoms with van der Waals surface area (Å²) in [6.07, 6.45) is 0. The van der Waals surface area contributed by atoms with Crippen LogP contribution in [0.5, 0.6) is 0 Å². The van der Waals surface area contributed by atoms with E-state index in [0.29, 0.717) is 0 Å². The molecule has 0 aliphatic carbocycles. The predicted octanol–water partition coefficient (Wildman–Crippen LogP) is 10.7. The van der Waals surface area contributed by atoms with Gasteiger partial charge in [-0.3, -0.25) is 0 Å². The number of rotatable bonds is 4. The van der Waals surface area contributed by atoms with Gasteiger partial charge in [-0.15, -0.1) is 22.7 Å². The van der Waals surface area contributed by atoms with Crippen LogP contribution >= 0.6 is 22.7 Å². The van der Waals surface area contributed by atoms with Crippen LogP contribution in [0, 0.1) is 0 Å². The number of aromatic nitrogens is 2. The molecule has 40 heavy (non-hydrogen) atoms. The van der Waals surface area contributed by atoms with Crippen molar-refractivity contribution in [3.05, 3.63) is 133 Å². The maximum Gasteiger partial charge on any atom is 0.0890 e. The zero-order valence-corrected chi connectivity index (χ0v) is 23.0. The van der Waals surface area contributed by atoms with Crippen molar-refractivity contribution in [3.63, 3.8) is 0 Å². The molecule has 0 radical (unpaired) electrons. The molecule has 188 valence electrons. The van der Waals surface area contributed by atoms with E-state index in [1.54, 1.807) is 0 Å². The Kier molecular flexibility index (Phi) is 5.54. The monoisotopic (exact) mass is 546 g/mol. The largest absolute Gasteiger partial charge is 0.248 e. The summed E-state index contributed by atoms with van der Waals surface area (Å²) in [6, 6.07) is 46.8. The molecular formula is C36H22N2S2. The number of nitrogens with zero attached hydrogens (tertiary/aromatic N) is 2. The normalized spacial score (nSPS) is 11.5. The van der Waals surface area contributed by atoms with E-state index in [9.17, 15) is 0 Å². The topological polar surface area (TPSA) is 25.8 Å². The molecule has 0 amide bonds. The second-order valence-corrected chi connectivity index (χ2v) is 12.2. The molecule has 4 heterocycles. The van der Waals surface area contributed by atoms with Crippen LogP contribution in [0.3, 0.4) is 0 Å². The van der Waals surface area contributed by atoms with Crippen molar-refractivity contribution >= 4 is 52.2 Å². The van der Waals surface area contributed by atoms with Gasteiger partial charge < -0.3 is 0 Å². The van der Waals surface area contributed by atoms with Gasteiger partial charge in [0.25, 0.3) is 0 Å². The average Bonchev–Trinajstić information content (AvgIpc) is 3.57. The maximum absolute atomic E-state index is 5.02. The van der Waals surface area contributed by atoms with E-state index in [2.05, 4.69) is 121 Å². The minimum atomic E-state index is 0.990. The zero-order chi connectivity index (χ0) is 26.5. The number of benzene rings is 4. The Morgan fingerprint density at radius 3 is 1.25 bits per heavy atom. The lowest BCUT2D eigenvalue weighted by atomic mass is 10.0. The van der Waals surface area contributed by atoms with Gasteiger partial charge in [0.15, 0.2) is 0 Å². The second kappa shape index (κ2) is 9.53. The van der Waals surface area contributed by atoms with Crippen molar-refractivity contribution in [1.82, 2.24) is 9.97 Å². The fourth-order valence-electron chi connectivity index (χ4n) is 5.37. The molecule has 0 bridgehead atoms. The molecule has 4 aromatic carbocycles. The number of hydrogen-bond acceptors (Lipinski definition) is 4. The molecule has 0 aliphatic rings. The number of thiophene rings is 2. The molecule has 2 nitrogen and oxygen atoms in total. The lowest BCUT2D eigenvalue weighted by Crippen LogP contribution is -1.88. The van der Waals surface area contributed by atoms with Crippen LogP contribution in [0.2, 0.25) is 0 Å². The summed E-state index contributed by atoms with van der Waals surface area (Å²) < 4.78 is 3.97. The zero-order valence-electron chi connectivity index (χ0n) is 21.4. The molecule has 0 saturated heterocycles. The molecule has 0 fully saturated rings. The Hall–Kier alpha value is -4.64. The van der Waals surface area contributed by atoms with Gasteiger partial charge in [0.05, 0.1) is 26.8 Å². The van der Waals surface area contributed by atoms with Gasteiger partial charge in [-0.05, 0) is 48.5 Å². The number of hydrogen-bond donors (Lipinski definition) is 0. The molecule has 0 spiro atoms. The van der Waals surface area contributed by atoms with Crippen LogP contribution in [0.25, 0.3) is 74.6 Å². The molecule has 0 unspecified atom stereocenters. The van der Waals surface area contributed by atoms with E-state index in [0.717, 1.165) is 45.0 Å². The fourth-order valence-corrected chi connectivity index (χ4v) is 7.93. The molecule has 4 aromatic heterocycles. The van der Waals surface area contributed by atoms with Crippen molar-refractivity contribution in [2.24, 2.45) is 0 Å². The highest BCUT2D eigenvalue weighted by Gasteiger charge is 2.15. The summed E-state index contributed by atoms with van der Waals surface area (Å²) in [7, 11) is 0. The summed E-state index contributed by atoms with van der Waals surface area (Å²) in [5.74, 6) is 0. The summed E-state index contributed by atoms with van der Waals surface area (Å²) in [4.78, 5) is 10.0. The minimum Gasteiger partial charge on any atom is -0.248 e. The quantitative estimate of drug-likeness (QED) is 0.219. The third-order valence-corrected chi connectivity index (χ3v) is 9.77. The SMILES string of the molecule is c1ccc(-c2cccc(-c3ccc4sc5sc6ccc(-c7cccc(-c8ccccc8)n7)cc6c5c4c3)n2)cc1. The van der Waals surface area contributed by atoms with Crippen LogP contribution in [0.4, 0.5) is 0 Å². The molecule has 0 atom stereocenters. The molecule has 0 aliphatic heterocycles. The van der Waals surface area contributed by atoms with Crippen molar-refractivity contribution in [3.8, 4) is 45.0 Å². The Labute approximate surface area is 239 Å². The summed E-state index contributed by atoms with van der Waals surface area (Å²) in [5, 5.41) is 3.92. The first-order chi connectivity index (χ1) is 19.8. The average molecular weight is 547 g/mol. The van der Waals surface area contributed by atoms with Gasteiger partial charge in [-0.1, -0.05) is 84.9 Å². The molecule has 0 saturated carbocycles. The fraction of sp³-hybridized carbons (Fsp3) is 0. The molecule has 8 aromatic rings. The highest BCUT2D eigenvalue weighted by molar-refractivity contribution is 7.44. The third kappa shape index (κ3) is 4.01. The number of fused-ring (bicyclic) bond motifs is 5. The van der Waals surface area contributed by atoms with Gasteiger partial charge >= 0.3 is 0 Å². The van der Waals surface area contributed by atoms with Crippen molar-refractivity contribution in [2.75, 3.05) is 0 Å². The van der Waals surface area contributed by atoms with Gasteiger partial charge in [-0.25, -0.2) is 9.97 Å². The van der Waals surface area contributed by atoms with Gasteiger partial charge in [-0.2, -0.15) is 0 Å². The van der Waals surface area contributed by atoms with Crippen LogP contribution in [-0.4, -0.2) is 9.97 Å². The van der Waals surface area contributed by atoms with Gasteiger partial charge in [0.1, 0.15) is 0 Å². The summed E-state index contributed by atoms with van der Waals surface area (Å²) in [5.41, 5.74) is 8.49. The maximum atomic E-state index is 5.02. The highest BCUT2D eigenvalue weighted by atomic mass is 32.2. The van der Waals surface area contributed by atoms with Gasteiger partial charge in [0, 0.05) is 47.8 Å². The Morgan fingerprint density at radius 2 is 0.800 bits per heavy atom. The Bertz CT molecular complexity index is 2010. The standard InChI is InChI=1S/C36H22N2S2/c1-3-9-23(10-4-1)29-13-7-15-31(37-29)25-17-19-33-27(21-25)35-28-22-26(18-20-34(28)40-36(35)39-33)32-16-8-14-30(38-32)24-11-5-2-6-12-24/h1-22H. The lowest BCUT2D eigenvalue weighted by molar-refractivity contribution is 1.33. The third-order valence-electron chi connectivity index (χ3n) is 7.34. The van der Waals surface area contributed by atoms with E-state index >= 15 is 0 Å². The highest BCUT2D eigenvalue weighted by Crippen LogP contribution is 2.46. The summed E-state index contributed by atoms with van der Waals surface area (Å²) in [6.45, 7) is 0. The van der Waals surface area contributed by atoms with E-state index < -0.39 is 0 Å². The Morgan fingerprint density at radius 1 is 0.375 bits per heavy atom. The molecule has 4 heteroatoms. The minimum absolute atomic E-state index is 0.990. The van der Waals surface area contributed by atoms with Gasteiger partial charge in [0.2, 0.25) is 0 Å². The first kappa shape index (κ1) is 23.3. The summed E-state index contributed by atoms with van der Waals surface area (Å²) >= 11 is 3.75. The second-order valence-electron chi connectivity index (χ2n) is 9.84. The van der Waals surface area contributed by atoms with Crippen molar-refractivity contribution in [1.29, 1.82) is 0 Å². The first-order valence-electron chi connectivity index (χ1n) is 13.2.